The summed E-state index contributed by atoms with van der Waals surface area (Å²) < 4.78 is 16.8. The number of nitrogens with two attached hydrogens (primary N) is 1. The molecule has 0 aliphatic carbocycles. The van der Waals surface area contributed by atoms with Gasteiger partial charge in [-0.25, -0.2) is 0 Å². The zero-order chi connectivity index (χ0) is 11.7. The maximum Gasteiger partial charge on any atom is 0.314 e. The molecule has 1 aliphatic rings. The predicted octanol–water partition coefficient (Wildman–Crippen LogP) is 1.74. The SMILES string of the molecule is COC1C([C@H](CN)c2ccc(Cl)cc2)[Si]1=O. The average molecular weight is 256 g/mol. The van der Waals surface area contributed by atoms with Crippen LogP contribution in [0.25, 0.3) is 0 Å². The molecule has 2 rings (SSSR count). The number of hydrogen-bond donors (Lipinski definition) is 1. The van der Waals surface area contributed by atoms with Crippen LogP contribution in [0.5, 0.6) is 0 Å². The lowest BCUT2D eigenvalue weighted by Gasteiger charge is -2.13. The maximum atomic E-state index is 11.7. The van der Waals surface area contributed by atoms with Crippen LogP contribution in [0.1, 0.15) is 11.5 Å². The fourth-order valence-electron chi connectivity index (χ4n) is 2.11. The Labute approximate surface area is 101 Å². The normalized spacial score (nSPS) is 25.6. The molecule has 3 nitrogen and oxygen atoms in total. The van der Waals surface area contributed by atoms with Gasteiger partial charge in [0.1, 0.15) is 5.73 Å². The third-order valence-electron chi connectivity index (χ3n) is 3.07. The second-order valence-corrected chi connectivity index (χ2v) is 6.46. The number of halogens is 1. The van der Waals surface area contributed by atoms with Gasteiger partial charge in [0.15, 0.2) is 0 Å². The highest BCUT2D eigenvalue weighted by atomic mass is 35.5. The molecule has 86 valence electrons. The second-order valence-electron chi connectivity index (χ2n) is 3.98. The van der Waals surface area contributed by atoms with Crippen molar-refractivity contribution >= 4 is 20.3 Å². The Morgan fingerprint density at radius 3 is 2.56 bits per heavy atom. The van der Waals surface area contributed by atoms with E-state index in [2.05, 4.69) is 0 Å². The molecule has 2 N–H and O–H groups in total. The molecule has 2 unspecified atom stereocenters. The number of rotatable bonds is 4. The summed E-state index contributed by atoms with van der Waals surface area (Å²) in [5, 5.41) is 0.700. The fraction of sp³-hybridized carbons (Fsp3) is 0.455. The lowest BCUT2D eigenvalue weighted by molar-refractivity contribution is 0.185. The van der Waals surface area contributed by atoms with Crippen LogP contribution in [-0.2, 0) is 9.20 Å². The Morgan fingerprint density at radius 1 is 1.50 bits per heavy atom. The first-order valence-electron chi connectivity index (χ1n) is 5.21. The molecular weight excluding hydrogens is 242 g/mol. The minimum absolute atomic E-state index is 0.0887. The Kier molecular flexibility index (Phi) is 3.54. The summed E-state index contributed by atoms with van der Waals surface area (Å²) >= 11 is 5.83. The van der Waals surface area contributed by atoms with Crippen LogP contribution in [0.15, 0.2) is 24.3 Å². The zero-order valence-corrected chi connectivity index (χ0v) is 10.8. The van der Waals surface area contributed by atoms with E-state index in [0.29, 0.717) is 11.6 Å². The molecule has 5 heteroatoms. The molecule has 1 aromatic carbocycles. The maximum absolute atomic E-state index is 11.7. The summed E-state index contributed by atoms with van der Waals surface area (Å²) in [5.74, 6) is 0.119. The highest BCUT2D eigenvalue weighted by molar-refractivity contribution is 6.60. The van der Waals surface area contributed by atoms with Crippen molar-refractivity contribution in [2.24, 2.45) is 5.73 Å². The summed E-state index contributed by atoms with van der Waals surface area (Å²) in [4.78, 5) is 0. The molecule has 1 aliphatic heterocycles. The third kappa shape index (κ3) is 2.11. The molecule has 0 saturated carbocycles. The second kappa shape index (κ2) is 4.75. The lowest BCUT2D eigenvalue weighted by atomic mass is 9.96. The van der Waals surface area contributed by atoms with E-state index in [9.17, 15) is 4.46 Å². The lowest BCUT2D eigenvalue weighted by Crippen LogP contribution is -2.14. The molecule has 1 aromatic rings. The van der Waals surface area contributed by atoms with Gasteiger partial charge in [0.2, 0.25) is 0 Å². The topological polar surface area (TPSA) is 52.3 Å². The molecule has 0 aromatic heterocycles. The quantitative estimate of drug-likeness (QED) is 0.834. The van der Waals surface area contributed by atoms with Gasteiger partial charge in [-0.1, -0.05) is 23.7 Å². The minimum Gasteiger partial charge on any atom is -0.385 e. The van der Waals surface area contributed by atoms with Gasteiger partial charge < -0.3 is 14.9 Å². The van der Waals surface area contributed by atoms with Crippen LogP contribution in [0.2, 0.25) is 10.6 Å². The van der Waals surface area contributed by atoms with Crippen molar-refractivity contribution in [3.05, 3.63) is 34.9 Å². The van der Waals surface area contributed by atoms with Crippen molar-refractivity contribution in [2.45, 2.75) is 17.2 Å². The van der Waals surface area contributed by atoms with Gasteiger partial charge >= 0.3 is 8.68 Å². The van der Waals surface area contributed by atoms with Crippen LogP contribution < -0.4 is 5.73 Å². The van der Waals surface area contributed by atoms with Gasteiger partial charge in [-0.05, 0) is 24.2 Å². The van der Waals surface area contributed by atoms with Gasteiger partial charge in [0.25, 0.3) is 0 Å². The summed E-state index contributed by atoms with van der Waals surface area (Å²) in [5.41, 5.74) is 6.85. The molecule has 0 radical (unpaired) electrons. The van der Waals surface area contributed by atoms with E-state index in [0.717, 1.165) is 5.56 Å². The molecule has 16 heavy (non-hydrogen) atoms. The van der Waals surface area contributed by atoms with Crippen LogP contribution in [0.3, 0.4) is 0 Å². The first kappa shape index (κ1) is 11.9. The molecule has 1 heterocycles. The summed E-state index contributed by atoms with van der Waals surface area (Å²) in [6.07, 6.45) is 0. The van der Waals surface area contributed by atoms with Gasteiger partial charge in [0.05, 0.1) is 0 Å². The van der Waals surface area contributed by atoms with Crippen LogP contribution >= 0.6 is 11.6 Å². The number of hydrogen-bond acceptors (Lipinski definition) is 3. The smallest absolute Gasteiger partial charge is 0.314 e. The van der Waals surface area contributed by atoms with Crippen molar-refractivity contribution in [1.82, 2.24) is 0 Å². The first-order valence-corrected chi connectivity index (χ1v) is 7.15. The number of benzene rings is 1. The van der Waals surface area contributed by atoms with E-state index >= 15 is 0 Å². The van der Waals surface area contributed by atoms with Crippen LogP contribution in [0, 0.1) is 0 Å². The van der Waals surface area contributed by atoms with E-state index in [-0.39, 0.29) is 17.2 Å². The predicted molar refractivity (Wildman–Crippen MR) is 64.2 cm³/mol. The van der Waals surface area contributed by atoms with Gasteiger partial charge in [-0.15, -0.1) is 0 Å². The molecule has 0 bridgehead atoms. The first-order chi connectivity index (χ1) is 7.69. The summed E-state index contributed by atoms with van der Waals surface area (Å²) in [6.45, 7) is 0.489. The Balaban J connectivity index is 2.18. The molecule has 0 amide bonds. The van der Waals surface area contributed by atoms with Crippen molar-refractivity contribution in [1.29, 1.82) is 0 Å². The summed E-state index contributed by atoms with van der Waals surface area (Å²) in [7, 11) is -0.0104. The summed E-state index contributed by atoms with van der Waals surface area (Å²) in [6, 6.07) is 7.56. The average Bonchev–Trinajstić information content (AvgIpc) is 2.93. The highest BCUT2D eigenvalue weighted by Crippen LogP contribution is 2.45. The minimum atomic E-state index is -1.61. The zero-order valence-electron chi connectivity index (χ0n) is 9.02. The molecular formula is C11H14ClNO2Si. The largest absolute Gasteiger partial charge is 0.385 e. The van der Waals surface area contributed by atoms with Crippen molar-refractivity contribution in [3.8, 4) is 0 Å². The number of methoxy groups -OCH3 is 1. The van der Waals surface area contributed by atoms with Crippen LogP contribution in [0.4, 0.5) is 0 Å². The van der Waals surface area contributed by atoms with E-state index in [1.165, 1.54) is 0 Å². The van der Waals surface area contributed by atoms with Crippen molar-refractivity contribution in [2.75, 3.05) is 13.7 Å². The fourth-order valence-corrected chi connectivity index (χ4v) is 4.23. The monoisotopic (exact) mass is 255 g/mol. The highest BCUT2D eigenvalue weighted by Gasteiger charge is 2.56. The van der Waals surface area contributed by atoms with Gasteiger partial charge in [0, 0.05) is 23.6 Å². The third-order valence-corrected chi connectivity index (χ3v) is 5.45. The molecule has 1 fully saturated rings. The van der Waals surface area contributed by atoms with Gasteiger partial charge in [-0.2, -0.15) is 0 Å². The molecule has 1 saturated heterocycles. The van der Waals surface area contributed by atoms with Crippen LogP contribution in [-0.4, -0.2) is 28.1 Å². The van der Waals surface area contributed by atoms with E-state index in [1.807, 2.05) is 24.3 Å². The van der Waals surface area contributed by atoms with Crippen molar-refractivity contribution < 1.29 is 9.20 Å². The van der Waals surface area contributed by atoms with Gasteiger partial charge in [-0.3, -0.25) is 0 Å². The molecule has 0 spiro atoms. The Bertz CT molecular complexity index is 395. The van der Waals surface area contributed by atoms with E-state index in [4.69, 9.17) is 22.1 Å². The Hall–Kier alpha value is -0.553. The number of ether oxygens (including phenoxy) is 1. The van der Waals surface area contributed by atoms with E-state index in [1.54, 1.807) is 7.11 Å². The van der Waals surface area contributed by atoms with Crippen molar-refractivity contribution in [3.63, 3.8) is 0 Å². The molecule has 3 atom stereocenters. The van der Waals surface area contributed by atoms with E-state index < -0.39 is 8.68 Å². The Morgan fingerprint density at radius 2 is 2.12 bits per heavy atom. The standard InChI is InChI=1S/C11H14ClNO2Si/c1-15-11-10(16(11)14)9(6-13)7-2-4-8(12)5-3-7/h2-5,9-11H,6,13H2,1H3/t9-,10?,11?/m1/s1.